The van der Waals surface area contributed by atoms with Gasteiger partial charge in [-0.25, -0.2) is 9.78 Å². The van der Waals surface area contributed by atoms with Crippen molar-refractivity contribution in [1.29, 1.82) is 0 Å². The second-order valence-electron chi connectivity index (χ2n) is 3.58. The fourth-order valence-corrected chi connectivity index (χ4v) is 1.92. The molecule has 0 radical (unpaired) electrons. The minimum atomic E-state index is -0.0873. The zero-order valence-corrected chi connectivity index (χ0v) is 10.4. The van der Waals surface area contributed by atoms with Crippen molar-refractivity contribution in [3.63, 3.8) is 0 Å². The highest BCUT2D eigenvalue weighted by Gasteiger charge is 2.13. The molecule has 0 bridgehead atoms. The van der Waals surface area contributed by atoms with Gasteiger partial charge in [-0.15, -0.1) is 11.3 Å². The molecule has 1 atom stereocenters. The third-order valence-electron chi connectivity index (χ3n) is 2.04. The molecule has 0 spiro atoms. The summed E-state index contributed by atoms with van der Waals surface area (Å²) in [5.74, 6) is 0. The van der Waals surface area contributed by atoms with E-state index in [0.29, 0.717) is 0 Å². The van der Waals surface area contributed by atoms with Crippen LogP contribution in [0, 0.1) is 0 Å². The van der Waals surface area contributed by atoms with Crippen LogP contribution < -0.4 is 5.32 Å². The van der Waals surface area contributed by atoms with Crippen LogP contribution in [0.4, 0.5) is 4.79 Å². The molecule has 0 aliphatic carbocycles. The Morgan fingerprint density at radius 1 is 1.67 bits per heavy atom. The number of amides is 2. The maximum Gasteiger partial charge on any atom is 0.317 e. The Bertz CT molecular complexity index is 335. The lowest BCUT2D eigenvalue weighted by molar-refractivity contribution is 0.214. The van der Waals surface area contributed by atoms with Crippen LogP contribution >= 0.6 is 11.3 Å². The number of hydrogen-bond donors (Lipinski definition) is 1. The van der Waals surface area contributed by atoms with Crippen LogP contribution in [0.1, 0.15) is 29.8 Å². The van der Waals surface area contributed by atoms with Gasteiger partial charge in [-0.3, -0.25) is 0 Å². The predicted molar refractivity (Wildman–Crippen MR) is 62.1 cm³/mol. The molecule has 84 valence electrons. The molecule has 4 nitrogen and oxygen atoms in total. The number of carbonyl (C=O) groups excluding carboxylic acids is 1. The second kappa shape index (κ2) is 5.11. The summed E-state index contributed by atoms with van der Waals surface area (Å²) in [5.41, 5.74) is 0. The molecule has 1 aromatic rings. The number of thiazole rings is 1. The Balaban J connectivity index is 2.60. The highest BCUT2D eigenvalue weighted by Crippen LogP contribution is 2.20. The molecule has 2 amide bonds. The van der Waals surface area contributed by atoms with Crippen molar-refractivity contribution in [2.45, 2.75) is 26.3 Å². The van der Waals surface area contributed by atoms with Crippen molar-refractivity contribution in [2.24, 2.45) is 0 Å². The quantitative estimate of drug-likeness (QED) is 0.859. The molecular weight excluding hydrogens is 210 g/mol. The van der Waals surface area contributed by atoms with E-state index in [4.69, 9.17) is 0 Å². The molecule has 0 fully saturated rings. The molecule has 0 saturated carbocycles. The third kappa shape index (κ3) is 3.20. The Labute approximate surface area is 94.3 Å². The van der Waals surface area contributed by atoms with Gasteiger partial charge in [0.1, 0.15) is 5.01 Å². The van der Waals surface area contributed by atoms with Crippen LogP contribution in [0.25, 0.3) is 0 Å². The maximum atomic E-state index is 11.4. The van der Waals surface area contributed by atoms with Gasteiger partial charge >= 0.3 is 6.03 Å². The standard InChI is InChI=1S/C10H17N3OS/c1-5-8-6-11-9(15-8)7(2)12-10(14)13(3)4/h6-7H,5H2,1-4H3,(H,12,14). The molecule has 1 unspecified atom stereocenters. The molecule has 5 heteroatoms. The van der Waals surface area contributed by atoms with E-state index in [1.807, 2.05) is 13.1 Å². The third-order valence-corrected chi connectivity index (χ3v) is 3.36. The number of nitrogens with zero attached hydrogens (tertiary/aromatic N) is 2. The Kier molecular flexibility index (Phi) is 4.08. The summed E-state index contributed by atoms with van der Waals surface area (Å²) < 4.78 is 0. The first kappa shape index (κ1) is 12.0. The second-order valence-corrected chi connectivity index (χ2v) is 4.73. The zero-order chi connectivity index (χ0) is 11.4. The molecule has 1 rings (SSSR count). The number of nitrogens with one attached hydrogen (secondary N) is 1. The van der Waals surface area contributed by atoms with Crippen LogP contribution in [0.2, 0.25) is 0 Å². The number of hydrogen-bond acceptors (Lipinski definition) is 3. The lowest BCUT2D eigenvalue weighted by atomic mass is 10.3. The Morgan fingerprint density at radius 2 is 2.33 bits per heavy atom. The van der Waals surface area contributed by atoms with E-state index in [2.05, 4.69) is 17.2 Å². The normalized spacial score (nSPS) is 12.3. The van der Waals surface area contributed by atoms with E-state index in [-0.39, 0.29) is 12.1 Å². The fraction of sp³-hybridized carbons (Fsp3) is 0.600. The van der Waals surface area contributed by atoms with Crippen molar-refractivity contribution >= 4 is 17.4 Å². The highest BCUT2D eigenvalue weighted by molar-refractivity contribution is 7.11. The first-order valence-electron chi connectivity index (χ1n) is 4.97. The first-order valence-corrected chi connectivity index (χ1v) is 5.78. The lowest BCUT2D eigenvalue weighted by Gasteiger charge is -2.15. The molecule has 1 N–H and O–H groups in total. The number of aromatic nitrogens is 1. The van der Waals surface area contributed by atoms with Crippen LogP contribution in [-0.2, 0) is 6.42 Å². The number of rotatable bonds is 3. The maximum absolute atomic E-state index is 11.4. The topological polar surface area (TPSA) is 45.2 Å². The zero-order valence-electron chi connectivity index (χ0n) is 9.57. The van der Waals surface area contributed by atoms with E-state index in [1.165, 1.54) is 9.78 Å². The van der Waals surface area contributed by atoms with Gasteiger partial charge in [0.05, 0.1) is 6.04 Å². The van der Waals surface area contributed by atoms with Gasteiger partial charge in [0.2, 0.25) is 0 Å². The van der Waals surface area contributed by atoms with E-state index in [1.54, 1.807) is 25.4 Å². The molecule has 1 heterocycles. The minimum Gasteiger partial charge on any atom is -0.331 e. The SMILES string of the molecule is CCc1cnc(C(C)NC(=O)N(C)C)s1. The number of aryl methyl sites for hydroxylation is 1. The van der Waals surface area contributed by atoms with Crippen molar-refractivity contribution < 1.29 is 4.79 Å². The smallest absolute Gasteiger partial charge is 0.317 e. The van der Waals surface area contributed by atoms with Crippen molar-refractivity contribution in [3.8, 4) is 0 Å². The average molecular weight is 227 g/mol. The first-order chi connectivity index (χ1) is 7.04. The summed E-state index contributed by atoms with van der Waals surface area (Å²) >= 11 is 1.65. The molecule has 0 saturated heterocycles. The van der Waals surface area contributed by atoms with E-state index in [0.717, 1.165) is 11.4 Å². The van der Waals surface area contributed by atoms with Crippen LogP contribution in [0.5, 0.6) is 0 Å². The summed E-state index contributed by atoms with van der Waals surface area (Å²) in [6.07, 6.45) is 2.87. The summed E-state index contributed by atoms with van der Waals surface area (Å²) in [7, 11) is 3.45. The molecule has 0 aliphatic rings. The van der Waals surface area contributed by atoms with Crippen LogP contribution in [0.3, 0.4) is 0 Å². The van der Waals surface area contributed by atoms with E-state index in [9.17, 15) is 4.79 Å². The van der Waals surface area contributed by atoms with Gasteiger partial charge < -0.3 is 10.2 Å². The Morgan fingerprint density at radius 3 is 2.80 bits per heavy atom. The van der Waals surface area contributed by atoms with Gasteiger partial charge in [0.15, 0.2) is 0 Å². The van der Waals surface area contributed by atoms with Crippen molar-refractivity contribution in [3.05, 3.63) is 16.1 Å². The van der Waals surface area contributed by atoms with Gasteiger partial charge in [0.25, 0.3) is 0 Å². The monoisotopic (exact) mass is 227 g/mol. The van der Waals surface area contributed by atoms with Crippen LogP contribution in [-0.4, -0.2) is 30.0 Å². The highest BCUT2D eigenvalue weighted by atomic mass is 32.1. The summed E-state index contributed by atoms with van der Waals surface area (Å²) in [6.45, 7) is 4.04. The summed E-state index contributed by atoms with van der Waals surface area (Å²) in [5, 5.41) is 3.83. The summed E-state index contributed by atoms with van der Waals surface area (Å²) in [4.78, 5) is 18.4. The Hall–Kier alpha value is -1.10. The molecule has 0 aromatic carbocycles. The molecule has 15 heavy (non-hydrogen) atoms. The fourth-order valence-electron chi connectivity index (χ4n) is 1.06. The average Bonchev–Trinajstić information content (AvgIpc) is 2.65. The van der Waals surface area contributed by atoms with E-state index < -0.39 is 0 Å². The van der Waals surface area contributed by atoms with Gasteiger partial charge in [0, 0.05) is 25.2 Å². The lowest BCUT2D eigenvalue weighted by Crippen LogP contribution is -2.36. The predicted octanol–water partition coefficient (Wildman–Crippen LogP) is 2.04. The number of urea groups is 1. The van der Waals surface area contributed by atoms with Crippen molar-refractivity contribution in [2.75, 3.05) is 14.1 Å². The van der Waals surface area contributed by atoms with Crippen molar-refractivity contribution in [1.82, 2.24) is 15.2 Å². The van der Waals surface area contributed by atoms with Crippen LogP contribution in [0.15, 0.2) is 6.20 Å². The number of carbonyl (C=O) groups is 1. The molecular formula is C10H17N3OS. The van der Waals surface area contributed by atoms with E-state index >= 15 is 0 Å². The molecule has 1 aromatic heterocycles. The van der Waals surface area contributed by atoms with Gasteiger partial charge in [-0.1, -0.05) is 6.92 Å². The molecule has 0 aliphatic heterocycles. The largest absolute Gasteiger partial charge is 0.331 e. The van der Waals surface area contributed by atoms with Gasteiger partial charge in [-0.2, -0.15) is 0 Å². The minimum absolute atomic E-state index is 0.0230. The summed E-state index contributed by atoms with van der Waals surface area (Å²) in [6, 6.07) is -0.110. The van der Waals surface area contributed by atoms with Gasteiger partial charge in [-0.05, 0) is 13.3 Å².